The number of hydrogen-bond donors (Lipinski definition) is 2. The van der Waals surface area contributed by atoms with Gasteiger partial charge in [0.15, 0.2) is 0 Å². The van der Waals surface area contributed by atoms with Crippen molar-refractivity contribution in [1.29, 1.82) is 0 Å². The lowest BCUT2D eigenvalue weighted by Gasteiger charge is -2.13. The maximum atomic E-state index is 10.6. The molecular formula is C21H20O2. The van der Waals surface area contributed by atoms with Gasteiger partial charge in [-0.25, -0.2) is 0 Å². The minimum Gasteiger partial charge on any atom is -0.507 e. The van der Waals surface area contributed by atoms with Gasteiger partial charge in [0.1, 0.15) is 5.75 Å². The van der Waals surface area contributed by atoms with Crippen molar-refractivity contribution in [2.24, 2.45) is 0 Å². The number of aliphatic hydroxyl groups is 1. The fourth-order valence-corrected chi connectivity index (χ4v) is 2.82. The standard InChI is InChI=1S/C21H20O2/c22-15-18-13-19(11-16-7-3-1-4-8-16)21(23)20(14-18)12-17-9-5-2-6-10-17/h1-10,13-14,22-23H,11-12,15H2. The van der Waals surface area contributed by atoms with Crippen molar-refractivity contribution in [1.82, 2.24) is 0 Å². The van der Waals surface area contributed by atoms with Crippen LogP contribution in [0.3, 0.4) is 0 Å². The Morgan fingerprint density at radius 2 is 1.04 bits per heavy atom. The first-order valence-electron chi connectivity index (χ1n) is 7.78. The smallest absolute Gasteiger partial charge is 0.122 e. The summed E-state index contributed by atoms with van der Waals surface area (Å²) in [6.07, 6.45) is 1.31. The lowest BCUT2D eigenvalue weighted by molar-refractivity contribution is 0.281. The van der Waals surface area contributed by atoms with Crippen LogP contribution in [-0.2, 0) is 19.4 Å². The molecule has 0 aromatic heterocycles. The van der Waals surface area contributed by atoms with Crippen molar-refractivity contribution in [2.45, 2.75) is 19.4 Å². The molecule has 2 N–H and O–H groups in total. The van der Waals surface area contributed by atoms with Gasteiger partial charge in [0.05, 0.1) is 6.61 Å². The van der Waals surface area contributed by atoms with Crippen molar-refractivity contribution < 1.29 is 10.2 Å². The highest BCUT2D eigenvalue weighted by Gasteiger charge is 2.11. The minimum atomic E-state index is -0.0239. The van der Waals surface area contributed by atoms with Crippen LogP contribution in [0.1, 0.15) is 27.8 Å². The first-order valence-corrected chi connectivity index (χ1v) is 7.78. The molecule has 0 atom stereocenters. The van der Waals surface area contributed by atoms with Crippen molar-refractivity contribution in [2.75, 3.05) is 0 Å². The highest BCUT2D eigenvalue weighted by molar-refractivity contribution is 5.47. The van der Waals surface area contributed by atoms with E-state index in [1.54, 1.807) is 0 Å². The van der Waals surface area contributed by atoms with Crippen LogP contribution in [0.15, 0.2) is 72.8 Å². The van der Waals surface area contributed by atoms with E-state index in [1.807, 2.05) is 72.8 Å². The molecule has 2 nitrogen and oxygen atoms in total. The van der Waals surface area contributed by atoms with Crippen LogP contribution < -0.4 is 0 Å². The third-order valence-corrected chi connectivity index (χ3v) is 3.98. The molecule has 0 amide bonds. The van der Waals surface area contributed by atoms with Crippen molar-refractivity contribution in [3.8, 4) is 5.75 Å². The van der Waals surface area contributed by atoms with Gasteiger partial charge in [0.25, 0.3) is 0 Å². The molecule has 0 aliphatic carbocycles. The number of hydrogen-bond acceptors (Lipinski definition) is 2. The Labute approximate surface area is 136 Å². The molecule has 0 spiro atoms. The Morgan fingerprint density at radius 1 is 0.609 bits per heavy atom. The van der Waals surface area contributed by atoms with E-state index >= 15 is 0 Å². The van der Waals surface area contributed by atoms with E-state index in [1.165, 1.54) is 0 Å². The Bertz CT molecular complexity index is 702. The SMILES string of the molecule is OCc1cc(Cc2ccccc2)c(O)c(Cc2ccccc2)c1. The molecule has 0 radical (unpaired) electrons. The molecule has 0 bridgehead atoms. The van der Waals surface area contributed by atoms with Crippen LogP contribution in [-0.4, -0.2) is 10.2 Å². The topological polar surface area (TPSA) is 40.5 Å². The Kier molecular flexibility index (Phi) is 4.74. The summed E-state index contributed by atoms with van der Waals surface area (Å²) in [7, 11) is 0. The molecule has 0 saturated heterocycles. The number of aromatic hydroxyl groups is 1. The summed E-state index contributed by atoms with van der Waals surface area (Å²) >= 11 is 0. The lowest BCUT2D eigenvalue weighted by atomic mass is 9.95. The summed E-state index contributed by atoms with van der Waals surface area (Å²) in [5.74, 6) is 0.329. The third kappa shape index (κ3) is 3.79. The first kappa shape index (κ1) is 15.3. The highest BCUT2D eigenvalue weighted by atomic mass is 16.3. The third-order valence-electron chi connectivity index (χ3n) is 3.98. The quantitative estimate of drug-likeness (QED) is 0.746. The lowest BCUT2D eigenvalue weighted by Crippen LogP contribution is -1.98. The summed E-state index contributed by atoms with van der Waals surface area (Å²) in [5.41, 5.74) is 4.83. The molecule has 2 heteroatoms. The van der Waals surface area contributed by atoms with E-state index < -0.39 is 0 Å². The second-order valence-electron chi connectivity index (χ2n) is 5.75. The molecule has 3 aromatic rings. The average Bonchev–Trinajstić information content (AvgIpc) is 2.60. The first-order chi connectivity index (χ1) is 11.3. The van der Waals surface area contributed by atoms with Gasteiger partial charge in [-0.1, -0.05) is 60.7 Å². The number of benzene rings is 3. The predicted octanol–water partition coefficient (Wildman–Crippen LogP) is 4.07. The van der Waals surface area contributed by atoms with Gasteiger partial charge in [-0.05, 0) is 39.9 Å². The number of aliphatic hydroxyl groups excluding tert-OH is 1. The van der Waals surface area contributed by atoms with Gasteiger partial charge >= 0.3 is 0 Å². The Morgan fingerprint density at radius 3 is 1.43 bits per heavy atom. The Hall–Kier alpha value is -2.58. The van der Waals surface area contributed by atoms with Crippen molar-refractivity contribution in [3.63, 3.8) is 0 Å². The average molecular weight is 304 g/mol. The normalized spacial score (nSPS) is 10.7. The van der Waals surface area contributed by atoms with Crippen LogP contribution in [0.25, 0.3) is 0 Å². The molecule has 23 heavy (non-hydrogen) atoms. The van der Waals surface area contributed by atoms with Crippen LogP contribution in [0.4, 0.5) is 0 Å². The maximum absolute atomic E-state index is 10.6. The predicted molar refractivity (Wildman–Crippen MR) is 92.5 cm³/mol. The molecule has 3 rings (SSSR count). The molecule has 0 saturated carbocycles. The summed E-state index contributed by atoms with van der Waals surface area (Å²) in [6.45, 7) is -0.0239. The second-order valence-corrected chi connectivity index (χ2v) is 5.75. The molecule has 0 aliphatic rings. The maximum Gasteiger partial charge on any atom is 0.122 e. The zero-order chi connectivity index (χ0) is 16.1. The molecule has 0 aliphatic heterocycles. The summed E-state index contributed by atoms with van der Waals surface area (Å²) in [5, 5.41) is 20.2. The van der Waals surface area contributed by atoms with E-state index in [0.717, 1.165) is 27.8 Å². The fraction of sp³-hybridized carbons (Fsp3) is 0.143. The molecule has 0 heterocycles. The van der Waals surface area contributed by atoms with Gasteiger partial charge in [-0.2, -0.15) is 0 Å². The molecule has 0 fully saturated rings. The number of phenolic OH excluding ortho intramolecular Hbond substituents is 1. The van der Waals surface area contributed by atoms with E-state index in [2.05, 4.69) is 0 Å². The zero-order valence-electron chi connectivity index (χ0n) is 12.9. The van der Waals surface area contributed by atoms with Crippen LogP contribution in [0.5, 0.6) is 5.75 Å². The van der Waals surface area contributed by atoms with Crippen LogP contribution >= 0.6 is 0 Å². The van der Waals surface area contributed by atoms with Crippen LogP contribution in [0.2, 0.25) is 0 Å². The monoisotopic (exact) mass is 304 g/mol. The fourth-order valence-electron chi connectivity index (χ4n) is 2.82. The molecule has 3 aromatic carbocycles. The number of rotatable bonds is 5. The largest absolute Gasteiger partial charge is 0.507 e. The van der Waals surface area contributed by atoms with Crippen molar-refractivity contribution in [3.05, 3.63) is 101 Å². The van der Waals surface area contributed by atoms with Crippen LogP contribution in [0, 0.1) is 0 Å². The van der Waals surface area contributed by atoms with E-state index in [-0.39, 0.29) is 6.61 Å². The highest BCUT2D eigenvalue weighted by Crippen LogP contribution is 2.29. The zero-order valence-corrected chi connectivity index (χ0v) is 12.9. The van der Waals surface area contributed by atoms with E-state index in [0.29, 0.717) is 18.6 Å². The summed E-state index contributed by atoms with van der Waals surface area (Å²) < 4.78 is 0. The Balaban J connectivity index is 1.95. The molecule has 116 valence electrons. The van der Waals surface area contributed by atoms with E-state index in [9.17, 15) is 10.2 Å². The molecule has 0 unspecified atom stereocenters. The van der Waals surface area contributed by atoms with E-state index in [4.69, 9.17) is 0 Å². The molecular weight excluding hydrogens is 284 g/mol. The number of phenols is 1. The minimum absolute atomic E-state index is 0.0239. The van der Waals surface area contributed by atoms with Gasteiger partial charge in [-0.3, -0.25) is 0 Å². The second kappa shape index (κ2) is 7.12. The van der Waals surface area contributed by atoms with Crippen molar-refractivity contribution >= 4 is 0 Å². The summed E-state index contributed by atoms with van der Waals surface area (Å²) in [4.78, 5) is 0. The van der Waals surface area contributed by atoms with Gasteiger partial charge in [0, 0.05) is 12.8 Å². The van der Waals surface area contributed by atoms with Gasteiger partial charge in [0.2, 0.25) is 0 Å². The van der Waals surface area contributed by atoms with Gasteiger partial charge < -0.3 is 10.2 Å². The van der Waals surface area contributed by atoms with Gasteiger partial charge in [-0.15, -0.1) is 0 Å². The summed E-state index contributed by atoms with van der Waals surface area (Å²) in [6, 6.07) is 23.9.